The van der Waals surface area contributed by atoms with Gasteiger partial charge in [-0.1, -0.05) is 6.92 Å². The van der Waals surface area contributed by atoms with Gasteiger partial charge in [0.25, 0.3) is 0 Å². The molecule has 1 N–H and O–H groups in total. The number of hydrogen-bond donors (Lipinski definition) is 1. The van der Waals surface area contributed by atoms with E-state index < -0.39 is 95.7 Å². The van der Waals surface area contributed by atoms with Crippen LogP contribution in [0.5, 0.6) is 0 Å². The van der Waals surface area contributed by atoms with Crippen molar-refractivity contribution in [2.45, 2.75) is 75.8 Å². The number of hydrogen-bond acceptors (Lipinski definition) is 7. The van der Waals surface area contributed by atoms with Gasteiger partial charge in [-0.3, -0.25) is 9.35 Å². The maximum atomic E-state index is 13.8. The topological polar surface area (TPSA) is 116 Å². The second-order valence-electron chi connectivity index (χ2n) is 7.41. The minimum Gasteiger partial charge on any atom is -0.461 e. The zero-order valence-electron chi connectivity index (χ0n) is 18.7. The van der Waals surface area contributed by atoms with Crippen molar-refractivity contribution in [1.29, 1.82) is 0 Å². The van der Waals surface area contributed by atoms with Crippen LogP contribution >= 0.6 is 0 Å². The lowest BCUT2D eigenvalue weighted by Crippen LogP contribution is -2.60. The predicted molar refractivity (Wildman–Crippen MR) is 97.2 cm³/mol. The number of rotatable bonds is 13. The lowest BCUT2D eigenvalue weighted by atomic mass is 9.87. The van der Waals surface area contributed by atoms with E-state index in [1.165, 1.54) is 0 Å². The average molecular weight is 576 g/mol. The Morgan fingerprint density at radius 1 is 0.833 bits per heavy atom. The van der Waals surface area contributed by atoms with Gasteiger partial charge in [-0.05, 0) is 33.1 Å². The molecule has 214 valence electrons. The summed E-state index contributed by atoms with van der Waals surface area (Å²) in [6, 6.07) is 0. The molecule has 0 heterocycles. The zero-order valence-corrected chi connectivity index (χ0v) is 19.6. The molecule has 0 aromatic rings. The van der Waals surface area contributed by atoms with Crippen LogP contribution in [-0.4, -0.2) is 67.4 Å². The Morgan fingerprint density at radius 2 is 1.33 bits per heavy atom. The number of alkyl halides is 10. The highest BCUT2D eigenvalue weighted by Gasteiger charge is 2.70. The fraction of sp³-hybridized carbons (Fsp3) is 0.882. The number of unbranched alkanes of at least 4 members (excludes halogenated alkanes) is 1. The van der Waals surface area contributed by atoms with E-state index in [-0.39, 0.29) is 6.92 Å². The summed E-state index contributed by atoms with van der Waals surface area (Å²) in [4.78, 5) is 24.2. The lowest BCUT2D eigenvalue weighted by Gasteiger charge is -2.36. The Labute approximate surface area is 198 Å². The molecular weight excluding hydrogens is 554 g/mol. The highest BCUT2D eigenvalue weighted by Crippen LogP contribution is 2.45. The second kappa shape index (κ2) is 11.2. The molecule has 0 aliphatic heterocycles. The minimum absolute atomic E-state index is 0.180. The van der Waals surface area contributed by atoms with Crippen molar-refractivity contribution in [1.82, 2.24) is 0 Å². The molecule has 0 rings (SSSR count). The lowest BCUT2D eigenvalue weighted by molar-refractivity contribution is -0.361. The Balaban J connectivity index is 5.91. The maximum absolute atomic E-state index is 13.8. The monoisotopic (exact) mass is 576 g/mol. The molecule has 0 aliphatic carbocycles. The van der Waals surface area contributed by atoms with E-state index in [0.717, 1.165) is 13.8 Å². The first kappa shape index (κ1) is 34.1. The molecule has 0 fully saturated rings. The van der Waals surface area contributed by atoms with Crippen molar-refractivity contribution >= 4 is 22.1 Å². The number of carbonyl (C=O) groups excluding carboxylic acids is 2. The van der Waals surface area contributed by atoms with Crippen molar-refractivity contribution in [3.05, 3.63) is 0 Å². The molecular formula is C17H22F10O8S. The summed E-state index contributed by atoms with van der Waals surface area (Å²) in [5.74, 6) is -15.3. The molecule has 0 amide bonds. The van der Waals surface area contributed by atoms with Crippen LogP contribution in [-0.2, 0) is 33.9 Å². The van der Waals surface area contributed by atoms with Crippen LogP contribution in [0.4, 0.5) is 43.9 Å². The first-order valence-electron chi connectivity index (χ1n) is 9.78. The molecule has 0 bridgehead atoms. The van der Waals surface area contributed by atoms with Gasteiger partial charge in [0.05, 0.1) is 13.2 Å². The summed E-state index contributed by atoms with van der Waals surface area (Å²) in [5.41, 5.74) is -3.55. The smallest absolute Gasteiger partial charge is 0.461 e. The van der Waals surface area contributed by atoms with Crippen LogP contribution in [0.25, 0.3) is 0 Å². The predicted octanol–water partition coefficient (Wildman–Crippen LogP) is 4.63. The van der Waals surface area contributed by atoms with Crippen molar-refractivity contribution in [3.8, 4) is 0 Å². The first-order valence-corrected chi connectivity index (χ1v) is 11.2. The Bertz CT molecular complexity index is 887. The Hall–Kier alpha value is -1.89. The molecule has 2 atom stereocenters. The van der Waals surface area contributed by atoms with Crippen LogP contribution in [0.2, 0.25) is 0 Å². The standard InChI is InChI=1S/C17H22F10O8S/c1-4-12(3,15(20,21)22)10(28)35-14(16(23,24)25,11(29)33-5-2)34-9-7-6-8-13(18,19)17(26,27)36(30,31)32/h4-9H2,1-3H3,(H,30,31,32). The van der Waals surface area contributed by atoms with Crippen molar-refractivity contribution in [2.75, 3.05) is 13.2 Å². The van der Waals surface area contributed by atoms with Crippen LogP contribution in [0.15, 0.2) is 0 Å². The quantitative estimate of drug-likeness (QED) is 0.111. The first-order chi connectivity index (χ1) is 15.9. The SMILES string of the molecule is CCOC(=O)C(OCCCCC(F)(F)C(F)(F)S(=O)(=O)O)(OC(=O)C(C)(CC)C(F)(F)F)C(F)(F)F. The number of carbonyl (C=O) groups is 2. The van der Waals surface area contributed by atoms with E-state index in [1.807, 2.05) is 0 Å². The number of esters is 2. The highest BCUT2D eigenvalue weighted by molar-refractivity contribution is 7.87. The van der Waals surface area contributed by atoms with Crippen molar-refractivity contribution in [2.24, 2.45) is 5.41 Å². The van der Waals surface area contributed by atoms with E-state index >= 15 is 0 Å². The third-order valence-electron chi connectivity index (χ3n) is 4.88. The normalized spacial score (nSPS) is 17.2. The average Bonchev–Trinajstić information content (AvgIpc) is 2.68. The van der Waals surface area contributed by atoms with Gasteiger partial charge in [0.1, 0.15) is 0 Å². The number of halogens is 10. The molecule has 0 aliphatic rings. The van der Waals surface area contributed by atoms with Gasteiger partial charge in [-0.2, -0.15) is 52.3 Å². The molecule has 0 saturated carbocycles. The van der Waals surface area contributed by atoms with E-state index in [9.17, 15) is 61.9 Å². The largest absolute Gasteiger partial charge is 0.468 e. The van der Waals surface area contributed by atoms with Gasteiger partial charge >= 0.3 is 51.4 Å². The van der Waals surface area contributed by atoms with E-state index in [2.05, 4.69) is 14.2 Å². The summed E-state index contributed by atoms with van der Waals surface area (Å²) >= 11 is 0. The minimum atomic E-state index is -6.58. The fourth-order valence-electron chi connectivity index (χ4n) is 2.31. The summed E-state index contributed by atoms with van der Waals surface area (Å²) in [5, 5.41) is -5.96. The van der Waals surface area contributed by atoms with Crippen LogP contribution in [0, 0.1) is 5.41 Å². The summed E-state index contributed by atoms with van der Waals surface area (Å²) in [7, 11) is -6.58. The Kier molecular flexibility index (Phi) is 10.7. The molecule has 0 saturated heterocycles. The van der Waals surface area contributed by atoms with Crippen LogP contribution in [0.3, 0.4) is 0 Å². The molecule has 2 unspecified atom stereocenters. The van der Waals surface area contributed by atoms with E-state index in [1.54, 1.807) is 0 Å². The summed E-state index contributed by atoms with van der Waals surface area (Å²) in [6.45, 7) is -0.367. The second-order valence-corrected chi connectivity index (χ2v) is 8.87. The molecule has 19 heteroatoms. The van der Waals surface area contributed by atoms with E-state index in [0.29, 0.717) is 0 Å². The van der Waals surface area contributed by atoms with Gasteiger partial charge in [0, 0.05) is 6.42 Å². The fourth-order valence-corrected chi connectivity index (χ4v) is 2.79. The van der Waals surface area contributed by atoms with Crippen molar-refractivity contribution < 1.29 is 80.7 Å². The third kappa shape index (κ3) is 6.90. The molecule has 0 radical (unpaired) electrons. The third-order valence-corrected chi connectivity index (χ3v) is 5.82. The van der Waals surface area contributed by atoms with Gasteiger partial charge in [-0.25, -0.2) is 4.79 Å². The summed E-state index contributed by atoms with van der Waals surface area (Å²) in [6.07, 6.45) is -17.0. The zero-order chi connectivity index (χ0) is 29.0. The van der Waals surface area contributed by atoms with Gasteiger partial charge in [0.2, 0.25) is 0 Å². The summed E-state index contributed by atoms with van der Waals surface area (Å²) < 4.78 is 176. The van der Waals surface area contributed by atoms with E-state index in [4.69, 9.17) is 4.55 Å². The Morgan fingerprint density at radius 3 is 1.69 bits per heavy atom. The van der Waals surface area contributed by atoms with Gasteiger partial charge < -0.3 is 14.2 Å². The molecule has 36 heavy (non-hydrogen) atoms. The van der Waals surface area contributed by atoms with Gasteiger partial charge in [0.15, 0.2) is 5.41 Å². The molecule has 0 spiro atoms. The van der Waals surface area contributed by atoms with Gasteiger partial charge in [-0.15, -0.1) is 0 Å². The van der Waals surface area contributed by atoms with Crippen LogP contribution in [0.1, 0.15) is 46.5 Å². The molecule has 0 aromatic carbocycles. The number of ether oxygens (including phenoxy) is 3. The van der Waals surface area contributed by atoms with Crippen LogP contribution < -0.4 is 0 Å². The maximum Gasteiger partial charge on any atom is 0.468 e. The van der Waals surface area contributed by atoms with Crippen molar-refractivity contribution in [3.63, 3.8) is 0 Å². The molecule has 8 nitrogen and oxygen atoms in total. The molecule has 0 aromatic heterocycles. The highest BCUT2D eigenvalue weighted by atomic mass is 32.2.